The zero-order valence-corrected chi connectivity index (χ0v) is 13.7. The van der Waals surface area contributed by atoms with Crippen LogP contribution in [0.3, 0.4) is 0 Å². The molecule has 2 nitrogen and oxygen atoms in total. The lowest BCUT2D eigenvalue weighted by molar-refractivity contribution is 0.0807. The molecule has 1 aliphatic heterocycles. The van der Waals surface area contributed by atoms with Gasteiger partial charge in [-0.2, -0.15) is 0 Å². The minimum Gasteiger partial charge on any atom is -0.374 e. The molecule has 1 saturated heterocycles. The third-order valence-corrected chi connectivity index (χ3v) is 4.76. The van der Waals surface area contributed by atoms with Gasteiger partial charge < -0.3 is 4.90 Å². The second-order valence-electron chi connectivity index (χ2n) is 6.22. The van der Waals surface area contributed by atoms with E-state index in [0.717, 1.165) is 37.1 Å². The quantitative estimate of drug-likeness (QED) is 0.816. The van der Waals surface area contributed by atoms with E-state index in [1.807, 2.05) is 18.2 Å². The summed E-state index contributed by atoms with van der Waals surface area (Å²) in [5.74, 6) is 0.305. The van der Waals surface area contributed by atoms with Gasteiger partial charge in [0.25, 0.3) is 0 Å². The molecule has 3 heteroatoms. The average Bonchev–Trinajstić information content (AvgIpc) is 2.97. The molecule has 1 unspecified atom stereocenters. The minimum absolute atomic E-state index is 0. The molecular weight excluding hydrogens is 282 g/mol. The van der Waals surface area contributed by atoms with Crippen LogP contribution in [0.5, 0.6) is 0 Å². The topological polar surface area (TPSA) is 20.3 Å². The number of likely N-dealkylation sites (tertiary alicyclic amines) is 1. The van der Waals surface area contributed by atoms with Gasteiger partial charge in [0.15, 0.2) is 5.78 Å². The summed E-state index contributed by atoms with van der Waals surface area (Å²) in [6, 6.07) is 8.03. The second kappa shape index (κ2) is 6.23. The van der Waals surface area contributed by atoms with Crippen LogP contribution in [-0.2, 0) is 0 Å². The average molecular weight is 306 g/mol. The van der Waals surface area contributed by atoms with Crippen molar-refractivity contribution in [2.24, 2.45) is 5.41 Å². The number of ketones is 1. The smallest absolute Gasteiger partial charge is 0.175 e. The molecule has 1 heterocycles. The zero-order chi connectivity index (χ0) is 14.2. The van der Waals surface area contributed by atoms with Gasteiger partial charge in [-0.05, 0) is 37.8 Å². The Morgan fingerprint density at radius 3 is 2.52 bits per heavy atom. The maximum Gasteiger partial charge on any atom is 0.175 e. The predicted octanol–water partition coefficient (Wildman–Crippen LogP) is 4.55. The molecule has 1 aliphatic carbocycles. The molecule has 1 fully saturated rings. The summed E-state index contributed by atoms with van der Waals surface area (Å²) in [5, 5.41) is 0. The number of carbonyl (C=O) groups is 1. The molecular formula is C18H24ClNO. The van der Waals surface area contributed by atoms with E-state index in [1.54, 1.807) is 0 Å². The van der Waals surface area contributed by atoms with Crippen molar-refractivity contribution < 1.29 is 4.79 Å². The summed E-state index contributed by atoms with van der Waals surface area (Å²) in [6.07, 6.45) is 6.72. The van der Waals surface area contributed by atoms with Gasteiger partial charge in [-0.25, -0.2) is 0 Å². The lowest BCUT2D eigenvalue weighted by atomic mass is 9.70. The lowest BCUT2D eigenvalue weighted by Crippen LogP contribution is -2.40. The van der Waals surface area contributed by atoms with Crippen molar-refractivity contribution in [3.8, 4) is 0 Å². The maximum absolute atomic E-state index is 13.0. The Bertz CT molecular complexity index is 560. The van der Waals surface area contributed by atoms with Crippen LogP contribution in [0.25, 0.3) is 6.08 Å². The molecule has 114 valence electrons. The van der Waals surface area contributed by atoms with E-state index in [-0.39, 0.29) is 17.8 Å². The molecule has 0 amide bonds. The highest BCUT2D eigenvalue weighted by atomic mass is 35.5. The molecule has 3 rings (SSSR count). The SMILES string of the molecule is CCCC1(C)C(=O)c2ccccc2C=C1N1CCCC1.Cl. The number of benzene rings is 1. The Morgan fingerprint density at radius 2 is 1.86 bits per heavy atom. The van der Waals surface area contributed by atoms with Gasteiger partial charge in [0.2, 0.25) is 0 Å². The monoisotopic (exact) mass is 305 g/mol. The first kappa shape index (κ1) is 16.1. The number of Topliss-reactive ketones (excluding diaryl/α,β-unsaturated/α-hetero) is 1. The third-order valence-electron chi connectivity index (χ3n) is 4.76. The summed E-state index contributed by atoms with van der Waals surface area (Å²) < 4.78 is 0. The largest absolute Gasteiger partial charge is 0.374 e. The second-order valence-corrected chi connectivity index (χ2v) is 6.22. The van der Waals surface area contributed by atoms with Crippen LogP contribution in [0, 0.1) is 5.41 Å². The van der Waals surface area contributed by atoms with E-state index < -0.39 is 0 Å². The Hall–Kier alpha value is -1.28. The fourth-order valence-electron chi connectivity index (χ4n) is 3.69. The van der Waals surface area contributed by atoms with Crippen LogP contribution in [-0.4, -0.2) is 23.8 Å². The van der Waals surface area contributed by atoms with Crippen molar-refractivity contribution in [3.63, 3.8) is 0 Å². The molecule has 1 aromatic carbocycles. The standard InChI is InChI=1S/C18H23NO.ClH/c1-3-10-18(2)16(19-11-6-7-12-19)13-14-8-4-5-9-15(14)17(18)20;/h4-5,8-9,13H,3,6-7,10-12H2,1-2H3;1H. The number of allylic oxidation sites excluding steroid dienone is 1. The van der Waals surface area contributed by atoms with E-state index in [0.29, 0.717) is 5.78 Å². The summed E-state index contributed by atoms with van der Waals surface area (Å²) in [4.78, 5) is 15.5. The van der Waals surface area contributed by atoms with Gasteiger partial charge in [-0.3, -0.25) is 4.79 Å². The van der Waals surface area contributed by atoms with E-state index >= 15 is 0 Å². The molecule has 1 atom stereocenters. The van der Waals surface area contributed by atoms with Crippen LogP contribution in [0.1, 0.15) is 55.5 Å². The first-order valence-corrected chi connectivity index (χ1v) is 7.78. The number of nitrogens with zero attached hydrogens (tertiary/aromatic N) is 1. The van der Waals surface area contributed by atoms with Crippen molar-refractivity contribution in [2.45, 2.75) is 39.5 Å². The van der Waals surface area contributed by atoms with Crippen LogP contribution >= 0.6 is 12.4 Å². The van der Waals surface area contributed by atoms with Crippen LogP contribution in [0.2, 0.25) is 0 Å². The predicted molar refractivity (Wildman–Crippen MR) is 89.8 cm³/mol. The van der Waals surface area contributed by atoms with Crippen molar-refractivity contribution in [2.75, 3.05) is 13.1 Å². The molecule has 2 aliphatic rings. The molecule has 1 aromatic rings. The van der Waals surface area contributed by atoms with E-state index in [2.05, 4.69) is 30.9 Å². The van der Waals surface area contributed by atoms with Gasteiger partial charge in [-0.15, -0.1) is 12.4 Å². The Morgan fingerprint density at radius 1 is 1.19 bits per heavy atom. The van der Waals surface area contributed by atoms with E-state index in [4.69, 9.17) is 0 Å². The molecule has 21 heavy (non-hydrogen) atoms. The van der Waals surface area contributed by atoms with Gasteiger partial charge in [-0.1, -0.05) is 37.6 Å². The van der Waals surface area contributed by atoms with Gasteiger partial charge >= 0.3 is 0 Å². The summed E-state index contributed by atoms with van der Waals surface area (Å²) in [6.45, 7) is 6.50. The summed E-state index contributed by atoms with van der Waals surface area (Å²) in [5.41, 5.74) is 2.90. The molecule has 0 radical (unpaired) electrons. The van der Waals surface area contributed by atoms with Crippen LogP contribution < -0.4 is 0 Å². The Labute approximate surface area is 133 Å². The van der Waals surface area contributed by atoms with Gasteiger partial charge in [0.05, 0.1) is 5.41 Å². The number of hydrogen-bond acceptors (Lipinski definition) is 2. The number of rotatable bonds is 3. The van der Waals surface area contributed by atoms with Crippen molar-refractivity contribution >= 4 is 24.3 Å². The highest BCUT2D eigenvalue weighted by Gasteiger charge is 2.43. The molecule has 0 aromatic heterocycles. The lowest BCUT2D eigenvalue weighted by Gasteiger charge is -2.39. The van der Waals surface area contributed by atoms with Crippen molar-refractivity contribution in [1.29, 1.82) is 0 Å². The fourth-order valence-corrected chi connectivity index (χ4v) is 3.69. The maximum atomic E-state index is 13.0. The van der Waals surface area contributed by atoms with Crippen LogP contribution in [0.4, 0.5) is 0 Å². The van der Waals surface area contributed by atoms with Crippen molar-refractivity contribution in [1.82, 2.24) is 4.90 Å². The summed E-state index contributed by atoms with van der Waals surface area (Å²) in [7, 11) is 0. The van der Waals surface area contributed by atoms with Gasteiger partial charge in [0.1, 0.15) is 0 Å². The minimum atomic E-state index is -0.340. The van der Waals surface area contributed by atoms with E-state index in [9.17, 15) is 4.79 Å². The first-order chi connectivity index (χ1) is 9.66. The normalized spacial score (nSPS) is 24.4. The number of fused-ring (bicyclic) bond motifs is 1. The molecule has 0 spiro atoms. The number of hydrogen-bond donors (Lipinski definition) is 0. The van der Waals surface area contributed by atoms with Crippen molar-refractivity contribution in [3.05, 3.63) is 41.1 Å². The highest BCUT2D eigenvalue weighted by Crippen LogP contribution is 2.44. The third kappa shape index (κ3) is 2.62. The molecule has 0 bridgehead atoms. The fraction of sp³-hybridized carbons (Fsp3) is 0.500. The van der Waals surface area contributed by atoms with Gasteiger partial charge in [0, 0.05) is 24.4 Å². The number of halogens is 1. The molecule has 0 saturated carbocycles. The Balaban J connectivity index is 0.00000161. The first-order valence-electron chi connectivity index (χ1n) is 7.78. The zero-order valence-electron chi connectivity index (χ0n) is 12.9. The highest BCUT2D eigenvalue weighted by molar-refractivity contribution is 6.07. The summed E-state index contributed by atoms with van der Waals surface area (Å²) >= 11 is 0. The van der Waals surface area contributed by atoms with E-state index in [1.165, 1.54) is 18.5 Å². The van der Waals surface area contributed by atoms with Crippen LogP contribution in [0.15, 0.2) is 30.0 Å². The number of carbonyl (C=O) groups excluding carboxylic acids is 1. The molecule has 0 N–H and O–H groups in total. The Kier molecular flexibility index (Phi) is 4.77.